The maximum atomic E-state index is 12.6. The standard InChI is InChI=1S/C17H26N2O3S/c1-12(2)16(15-8-6-5-7-13(15)3)18-17(20)19-9-10-23(21,22)11-14(19)4/h5-8,12,14,16H,9-11H2,1-4H3,(H,18,20)/t14-,16+/m1/s1. The summed E-state index contributed by atoms with van der Waals surface area (Å²) in [6.45, 7) is 8.22. The van der Waals surface area contributed by atoms with Gasteiger partial charge in [0.1, 0.15) is 0 Å². The first kappa shape index (κ1) is 17.8. The summed E-state index contributed by atoms with van der Waals surface area (Å²) in [4.78, 5) is 14.3. The molecule has 6 heteroatoms. The van der Waals surface area contributed by atoms with Gasteiger partial charge in [0, 0.05) is 12.6 Å². The lowest BCUT2D eigenvalue weighted by molar-refractivity contribution is 0.177. The highest BCUT2D eigenvalue weighted by Crippen LogP contribution is 2.25. The minimum Gasteiger partial charge on any atom is -0.331 e. The van der Waals surface area contributed by atoms with Crippen LogP contribution in [-0.2, 0) is 9.84 Å². The molecule has 1 aliphatic rings. The predicted octanol–water partition coefficient (Wildman–Crippen LogP) is 2.52. The van der Waals surface area contributed by atoms with Crippen molar-refractivity contribution in [2.24, 2.45) is 5.92 Å². The van der Waals surface area contributed by atoms with Crippen LogP contribution in [0.1, 0.15) is 37.9 Å². The molecule has 0 bridgehead atoms. The number of benzene rings is 1. The number of amides is 2. The number of sulfone groups is 1. The fourth-order valence-electron chi connectivity index (χ4n) is 3.06. The summed E-state index contributed by atoms with van der Waals surface area (Å²) in [6.07, 6.45) is 0. The maximum absolute atomic E-state index is 12.6. The van der Waals surface area contributed by atoms with Crippen molar-refractivity contribution in [3.05, 3.63) is 35.4 Å². The van der Waals surface area contributed by atoms with E-state index in [0.29, 0.717) is 0 Å². The third kappa shape index (κ3) is 4.25. The van der Waals surface area contributed by atoms with Gasteiger partial charge in [-0.25, -0.2) is 13.2 Å². The Kier molecular flexibility index (Phi) is 5.34. The van der Waals surface area contributed by atoms with Crippen molar-refractivity contribution < 1.29 is 13.2 Å². The molecule has 23 heavy (non-hydrogen) atoms. The van der Waals surface area contributed by atoms with Crippen LogP contribution in [0.2, 0.25) is 0 Å². The molecule has 0 aromatic heterocycles. The SMILES string of the molecule is Cc1ccccc1[C@@H](NC(=O)N1CCS(=O)(=O)C[C@H]1C)C(C)C. The molecule has 1 aromatic carbocycles. The average molecular weight is 338 g/mol. The van der Waals surface area contributed by atoms with E-state index in [0.717, 1.165) is 11.1 Å². The summed E-state index contributed by atoms with van der Waals surface area (Å²) in [6, 6.07) is 7.45. The Balaban J connectivity index is 2.15. The highest BCUT2D eigenvalue weighted by molar-refractivity contribution is 7.91. The van der Waals surface area contributed by atoms with Crippen LogP contribution in [-0.4, -0.2) is 43.4 Å². The van der Waals surface area contributed by atoms with Crippen molar-refractivity contribution in [3.63, 3.8) is 0 Å². The lowest BCUT2D eigenvalue weighted by atomic mass is 9.93. The van der Waals surface area contributed by atoms with E-state index in [1.807, 2.05) is 31.2 Å². The molecule has 0 spiro atoms. The second kappa shape index (κ2) is 6.91. The van der Waals surface area contributed by atoms with Crippen molar-refractivity contribution in [3.8, 4) is 0 Å². The summed E-state index contributed by atoms with van der Waals surface area (Å²) in [5.74, 6) is 0.322. The van der Waals surface area contributed by atoms with E-state index in [1.165, 1.54) is 0 Å². The van der Waals surface area contributed by atoms with Gasteiger partial charge >= 0.3 is 6.03 Å². The van der Waals surface area contributed by atoms with Crippen LogP contribution in [0.3, 0.4) is 0 Å². The summed E-state index contributed by atoms with van der Waals surface area (Å²) in [7, 11) is -3.02. The number of hydrogen-bond donors (Lipinski definition) is 1. The van der Waals surface area contributed by atoms with Crippen LogP contribution in [0.4, 0.5) is 4.79 Å². The van der Waals surface area contributed by atoms with Gasteiger partial charge in [0.15, 0.2) is 9.84 Å². The zero-order chi connectivity index (χ0) is 17.2. The van der Waals surface area contributed by atoms with Crippen molar-refractivity contribution in [2.45, 2.75) is 39.8 Å². The molecule has 2 rings (SSSR count). The summed E-state index contributed by atoms with van der Waals surface area (Å²) in [5.41, 5.74) is 2.24. The highest BCUT2D eigenvalue weighted by atomic mass is 32.2. The largest absolute Gasteiger partial charge is 0.331 e. The molecule has 2 atom stereocenters. The zero-order valence-corrected chi connectivity index (χ0v) is 15.1. The molecule has 0 aliphatic carbocycles. The Bertz CT molecular complexity index is 670. The van der Waals surface area contributed by atoms with E-state index < -0.39 is 9.84 Å². The van der Waals surface area contributed by atoms with Gasteiger partial charge in [0.05, 0.1) is 17.5 Å². The van der Waals surface area contributed by atoms with Gasteiger partial charge in [-0.15, -0.1) is 0 Å². The summed E-state index contributed by atoms with van der Waals surface area (Å²) >= 11 is 0. The van der Waals surface area contributed by atoms with E-state index in [2.05, 4.69) is 19.2 Å². The van der Waals surface area contributed by atoms with Crippen LogP contribution < -0.4 is 5.32 Å². The van der Waals surface area contributed by atoms with Crippen LogP contribution in [0, 0.1) is 12.8 Å². The van der Waals surface area contributed by atoms with Crippen molar-refractivity contribution in [1.29, 1.82) is 0 Å². The second-order valence-electron chi connectivity index (χ2n) is 6.68. The fraction of sp³-hybridized carbons (Fsp3) is 0.588. The number of hydrogen-bond acceptors (Lipinski definition) is 3. The Morgan fingerprint density at radius 1 is 1.30 bits per heavy atom. The monoisotopic (exact) mass is 338 g/mol. The Morgan fingerprint density at radius 3 is 2.52 bits per heavy atom. The first-order valence-corrected chi connectivity index (χ1v) is 9.86. The van der Waals surface area contributed by atoms with E-state index in [9.17, 15) is 13.2 Å². The van der Waals surface area contributed by atoms with Gasteiger partial charge in [-0.2, -0.15) is 0 Å². The molecule has 1 heterocycles. The molecule has 0 radical (unpaired) electrons. The zero-order valence-electron chi connectivity index (χ0n) is 14.2. The third-order valence-corrected chi connectivity index (χ3v) is 6.20. The molecule has 5 nitrogen and oxygen atoms in total. The average Bonchev–Trinajstić information content (AvgIpc) is 2.44. The number of aryl methyl sites for hydroxylation is 1. The van der Waals surface area contributed by atoms with E-state index in [-0.39, 0.29) is 42.1 Å². The van der Waals surface area contributed by atoms with Crippen molar-refractivity contribution in [2.75, 3.05) is 18.1 Å². The molecule has 1 N–H and O–H groups in total. The lowest BCUT2D eigenvalue weighted by Gasteiger charge is -2.35. The number of rotatable bonds is 3. The molecule has 0 unspecified atom stereocenters. The van der Waals surface area contributed by atoms with Crippen molar-refractivity contribution in [1.82, 2.24) is 10.2 Å². The molecule has 1 aliphatic heterocycles. The number of nitrogens with one attached hydrogen (secondary N) is 1. The second-order valence-corrected chi connectivity index (χ2v) is 8.91. The third-order valence-electron chi connectivity index (χ3n) is 4.40. The van der Waals surface area contributed by atoms with E-state index in [4.69, 9.17) is 0 Å². The molecule has 0 saturated carbocycles. The molecule has 2 amide bonds. The number of carbonyl (C=O) groups is 1. The van der Waals surface area contributed by atoms with Crippen LogP contribution >= 0.6 is 0 Å². The van der Waals surface area contributed by atoms with Gasteiger partial charge in [-0.3, -0.25) is 0 Å². The smallest absolute Gasteiger partial charge is 0.318 e. The fourth-order valence-corrected chi connectivity index (χ4v) is 4.61. The quantitative estimate of drug-likeness (QED) is 0.921. The predicted molar refractivity (Wildman–Crippen MR) is 92.1 cm³/mol. The van der Waals surface area contributed by atoms with Crippen LogP contribution in [0.15, 0.2) is 24.3 Å². The first-order valence-electron chi connectivity index (χ1n) is 8.04. The molecule has 128 valence electrons. The molecule has 1 fully saturated rings. The molecule has 1 saturated heterocycles. The molecule has 1 aromatic rings. The summed E-state index contributed by atoms with van der Waals surface area (Å²) < 4.78 is 23.3. The number of nitrogens with zero attached hydrogens (tertiary/aromatic N) is 1. The normalized spacial score (nSPS) is 22.0. The van der Waals surface area contributed by atoms with E-state index >= 15 is 0 Å². The Labute approximate surface area is 139 Å². The molecular formula is C17H26N2O3S. The minimum absolute atomic E-state index is 0.0388. The number of urea groups is 1. The van der Waals surface area contributed by atoms with Crippen LogP contribution in [0.5, 0.6) is 0 Å². The van der Waals surface area contributed by atoms with Gasteiger partial charge in [0.25, 0.3) is 0 Å². The topological polar surface area (TPSA) is 66.5 Å². The van der Waals surface area contributed by atoms with Crippen LogP contribution in [0.25, 0.3) is 0 Å². The van der Waals surface area contributed by atoms with Gasteiger partial charge < -0.3 is 10.2 Å². The molecular weight excluding hydrogens is 312 g/mol. The first-order chi connectivity index (χ1) is 10.7. The Hall–Kier alpha value is -1.56. The van der Waals surface area contributed by atoms with Gasteiger partial charge in [-0.1, -0.05) is 38.1 Å². The van der Waals surface area contributed by atoms with E-state index in [1.54, 1.807) is 11.8 Å². The van der Waals surface area contributed by atoms with Gasteiger partial charge in [0.2, 0.25) is 0 Å². The highest BCUT2D eigenvalue weighted by Gasteiger charge is 2.32. The summed E-state index contributed by atoms with van der Waals surface area (Å²) in [5, 5.41) is 3.09. The lowest BCUT2D eigenvalue weighted by Crippen LogP contribution is -2.54. The maximum Gasteiger partial charge on any atom is 0.318 e. The van der Waals surface area contributed by atoms with Gasteiger partial charge in [-0.05, 0) is 30.9 Å². The minimum atomic E-state index is -3.02. The number of carbonyl (C=O) groups excluding carboxylic acids is 1. The Morgan fingerprint density at radius 2 is 1.96 bits per heavy atom. The van der Waals surface area contributed by atoms with Crippen molar-refractivity contribution >= 4 is 15.9 Å².